The van der Waals surface area contributed by atoms with Gasteiger partial charge >= 0.3 is 0 Å². The molecule has 84 valence electrons. The van der Waals surface area contributed by atoms with Gasteiger partial charge in [-0.3, -0.25) is 4.79 Å². The summed E-state index contributed by atoms with van der Waals surface area (Å²) in [6.07, 6.45) is 1.02. The fourth-order valence-corrected chi connectivity index (χ4v) is 2.94. The number of carbonyl (C=O) groups is 1. The Morgan fingerprint density at radius 3 is 3.00 bits per heavy atom. The molecule has 6 heteroatoms. The van der Waals surface area contributed by atoms with E-state index < -0.39 is 0 Å². The number of halogens is 2. The maximum atomic E-state index is 11.7. The number of amides is 1. The summed E-state index contributed by atoms with van der Waals surface area (Å²) >= 11 is 4.81. The molecule has 0 spiro atoms. The third-order valence-corrected chi connectivity index (χ3v) is 4.06. The summed E-state index contributed by atoms with van der Waals surface area (Å²) in [6.45, 7) is 1.88. The van der Waals surface area contributed by atoms with Crippen LogP contribution < -0.4 is 10.6 Å². The highest BCUT2D eigenvalue weighted by Crippen LogP contribution is 2.22. The third kappa shape index (κ3) is 3.17. The monoisotopic (exact) mass is 310 g/mol. The number of rotatable bonds is 2. The summed E-state index contributed by atoms with van der Waals surface area (Å²) in [5, 5.41) is 8.12. The number of thiophene rings is 1. The Morgan fingerprint density at radius 1 is 1.67 bits per heavy atom. The van der Waals surface area contributed by atoms with Crippen LogP contribution in [0.2, 0.25) is 0 Å². The highest BCUT2D eigenvalue weighted by molar-refractivity contribution is 9.10. The number of hydrogen-bond acceptors (Lipinski definition) is 3. The van der Waals surface area contributed by atoms with E-state index >= 15 is 0 Å². The Balaban J connectivity index is 0.00000112. The number of hydrogen-bond donors (Lipinski definition) is 2. The first kappa shape index (κ1) is 13.0. The molecule has 2 N–H and O–H groups in total. The molecular formula is C9H12BrClN2OS. The lowest BCUT2D eigenvalue weighted by Gasteiger charge is -2.10. The molecular weight excluding hydrogens is 300 g/mol. The van der Waals surface area contributed by atoms with E-state index in [4.69, 9.17) is 0 Å². The molecule has 1 aromatic rings. The molecule has 1 unspecified atom stereocenters. The van der Waals surface area contributed by atoms with Crippen LogP contribution >= 0.6 is 39.7 Å². The van der Waals surface area contributed by atoms with Crippen molar-refractivity contribution in [2.45, 2.75) is 12.5 Å². The molecule has 0 aromatic carbocycles. The second kappa shape index (κ2) is 5.84. The molecule has 1 aliphatic rings. The smallest absolute Gasteiger partial charge is 0.262 e. The standard InChI is InChI=1S/C9H11BrN2OS.ClH/c10-7-2-4-14-8(7)9(13)12-6-1-3-11-5-6;/h2,4,6,11H,1,3,5H2,(H,12,13);1H. The van der Waals surface area contributed by atoms with Crippen molar-refractivity contribution < 1.29 is 4.79 Å². The van der Waals surface area contributed by atoms with Gasteiger partial charge in [-0.2, -0.15) is 0 Å². The average Bonchev–Trinajstić information content (AvgIpc) is 2.75. The van der Waals surface area contributed by atoms with Crippen molar-refractivity contribution in [2.24, 2.45) is 0 Å². The minimum atomic E-state index is 0. The van der Waals surface area contributed by atoms with Crippen LogP contribution in [0.3, 0.4) is 0 Å². The van der Waals surface area contributed by atoms with Crippen molar-refractivity contribution in [3.05, 3.63) is 20.8 Å². The van der Waals surface area contributed by atoms with Crippen LogP contribution in [0.5, 0.6) is 0 Å². The Bertz CT molecular complexity index is 339. The second-order valence-corrected chi connectivity index (χ2v) is 5.03. The molecule has 2 rings (SSSR count). The van der Waals surface area contributed by atoms with Gasteiger partial charge in [0.15, 0.2) is 0 Å². The van der Waals surface area contributed by atoms with Crippen molar-refractivity contribution in [1.29, 1.82) is 0 Å². The quantitative estimate of drug-likeness (QED) is 0.877. The van der Waals surface area contributed by atoms with Gasteiger partial charge < -0.3 is 10.6 Å². The molecule has 1 fully saturated rings. The van der Waals surface area contributed by atoms with Crippen LogP contribution in [-0.4, -0.2) is 25.0 Å². The van der Waals surface area contributed by atoms with Crippen molar-refractivity contribution in [3.63, 3.8) is 0 Å². The van der Waals surface area contributed by atoms with Gasteiger partial charge in [-0.15, -0.1) is 23.7 Å². The van der Waals surface area contributed by atoms with Crippen LogP contribution in [0.1, 0.15) is 16.1 Å². The zero-order valence-corrected chi connectivity index (χ0v) is 11.2. The first-order valence-electron chi connectivity index (χ1n) is 4.52. The predicted molar refractivity (Wildman–Crippen MR) is 68.0 cm³/mol. The molecule has 2 heterocycles. The van der Waals surface area contributed by atoms with Crippen LogP contribution in [0.15, 0.2) is 15.9 Å². The van der Waals surface area contributed by atoms with Crippen LogP contribution in [0, 0.1) is 0 Å². The van der Waals surface area contributed by atoms with E-state index in [-0.39, 0.29) is 24.4 Å². The molecule has 15 heavy (non-hydrogen) atoms. The average molecular weight is 312 g/mol. The SMILES string of the molecule is Cl.O=C(NC1CCNC1)c1sccc1Br. The van der Waals surface area contributed by atoms with Gasteiger partial charge in [-0.25, -0.2) is 0 Å². The lowest BCUT2D eigenvalue weighted by molar-refractivity contribution is 0.0943. The van der Waals surface area contributed by atoms with E-state index in [2.05, 4.69) is 26.6 Å². The molecule has 0 aliphatic carbocycles. The predicted octanol–water partition coefficient (Wildman–Crippen LogP) is 2.02. The zero-order chi connectivity index (χ0) is 9.97. The highest BCUT2D eigenvalue weighted by Gasteiger charge is 2.19. The Morgan fingerprint density at radius 2 is 2.47 bits per heavy atom. The van der Waals surface area contributed by atoms with Gasteiger partial charge in [0, 0.05) is 17.1 Å². The molecule has 1 saturated heterocycles. The number of nitrogens with one attached hydrogen (secondary N) is 2. The van der Waals surface area contributed by atoms with Crippen molar-refractivity contribution in [1.82, 2.24) is 10.6 Å². The molecule has 0 bridgehead atoms. The maximum Gasteiger partial charge on any atom is 0.262 e. The zero-order valence-electron chi connectivity index (χ0n) is 7.96. The van der Waals surface area contributed by atoms with Gasteiger partial charge in [0.2, 0.25) is 0 Å². The molecule has 1 atom stereocenters. The van der Waals surface area contributed by atoms with Crippen LogP contribution in [0.4, 0.5) is 0 Å². The summed E-state index contributed by atoms with van der Waals surface area (Å²) in [5.41, 5.74) is 0. The molecule has 1 aliphatic heterocycles. The first-order chi connectivity index (χ1) is 6.77. The van der Waals surface area contributed by atoms with E-state index in [0.717, 1.165) is 28.9 Å². The summed E-state index contributed by atoms with van der Waals surface area (Å²) in [6, 6.07) is 2.18. The number of carbonyl (C=O) groups excluding carboxylic acids is 1. The fourth-order valence-electron chi connectivity index (χ4n) is 1.48. The van der Waals surface area contributed by atoms with Crippen molar-refractivity contribution in [2.75, 3.05) is 13.1 Å². The first-order valence-corrected chi connectivity index (χ1v) is 6.19. The van der Waals surface area contributed by atoms with Crippen molar-refractivity contribution >= 4 is 45.6 Å². The van der Waals surface area contributed by atoms with Gasteiger partial charge in [0.05, 0.1) is 0 Å². The van der Waals surface area contributed by atoms with E-state index in [1.54, 1.807) is 0 Å². The van der Waals surface area contributed by atoms with Gasteiger partial charge in [-0.05, 0) is 40.3 Å². The molecule has 0 saturated carbocycles. The molecule has 1 amide bonds. The van der Waals surface area contributed by atoms with Crippen molar-refractivity contribution in [3.8, 4) is 0 Å². The molecule has 1 aromatic heterocycles. The Kier molecular flexibility index (Phi) is 5.05. The van der Waals surface area contributed by atoms with Gasteiger partial charge in [-0.1, -0.05) is 0 Å². The lowest BCUT2D eigenvalue weighted by Crippen LogP contribution is -2.35. The summed E-state index contributed by atoms with van der Waals surface area (Å²) in [7, 11) is 0. The normalized spacial score (nSPS) is 19.7. The van der Waals surface area contributed by atoms with Crippen LogP contribution in [0.25, 0.3) is 0 Å². The topological polar surface area (TPSA) is 41.1 Å². The van der Waals surface area contributed by atoms with E-state index in [9.17, 15) is 4.79 Å². The highest BCUT2D eigenvalue weighted by atomic mass is 79.9. The molecule has 3 nitrogen and oxygen atoms in total. The lowest BCUT2D eigenvalue weighted by atomic mass is 10.2. The molecule has 0 radical (unpaired) electrons. The second-order valence-electron chi connectivity index (χ2n) is 3.26. The third-order valence-electron chi connectivity index (χ3n) is 2.22. The van der Waals surface area contributed by atoms with Gasteiger partial charge in [0.1, 0.15) is 4.88 Å². The summed E-state index contributed by atoms with van der Waals surface area (Å²) in [4.78, 5) is 12.5. The minimum absolute atomic E-state index is 0. The maximum absolute atomic E-state index is 11.7. The Labute approximate surface area is 107 Å². The van der Waals surface area contributed by atoms with E-state index in [0.29, 0.717) is 0 Å². The Hall–Kier alpha value is -0.100. The van der Waals surface area contributed by atoms with Crippen LogP contribution in [-0.2, 0) is 0 Å². The minimum Gasteiger partial charge on any atom is -0.347 e. The van der Waals surface area contributed by atoms with E-state index in [1.165, 1.54) is 11.3 Å². The van der Waals surface area contributed by atoms with E-state index in [1.807, 2.05) is 11.4 Å². The summed E-state index contributed by atoms with van der Waals surface area (Å²) < 4.78 is 0.881. The summed E-state index contributed by atoms with van der Waals surface area (Å²) in [5.74, 6) is 0.0283. The fraction of sp³-hybridized carbons (Fsp3) is 0.444. The van der Waals surface area contributed by atoms with Gasteiger partial charge in [0.25, 0.3) is 5.91 Å². The largest absolute Gasteiger partial charge is 0.347 e.